The molecule has 0 aliphatic rings. The first-order chi connectivity index (χ1) is 8.47. The Bertz CT molecular complexity index is 566. The molecule has 0 unspecified atom stereocenters. The van der Waals surface area contributed by atoms with Crippen LogP contribution in [0.3, 0.4) is 0 Å². The summed E-state index contributed by atoms with van der Waals surface area (Å²) in [4.78, 5) is 6.32. The van der Waals surface area contributed by atoms with E-state index in [1.165, 1.54) is 0 Å². The number of anilines is 2. The summed E-state index contributed by atoms with van der Waals surface area (Å²) in [6, 6.07) is 7.87. The smallest absolute Gasteiger partial charge is 0.0745 e. The Morgan fingerprint density at radius 2 is 2.00 bits per heavy atom. The zero-order chi connectivity index (χ0) is 13.3. The summed E-state index contributed by atoms with van der Waals surface area (Å²) >= 11 is 0. The Labute approximate surface area is 107 Å². The fraction of sp³-hybridized carbons (Fsp3) is 0.357. The topological polar surface area (TPSA) is 62.4 Å². The summed E-state index contributed by atoms with van der Waals surface area (Å²) < 4.78 is 0. The monoisotopic (exact) mass is 245 g/mol. The van der Waals surface area contributed by atoms with Gasteiger partial charge in [-0.15, -0.1) is 0 Å². The normalized spacial score (nSPS) is 11.8. The summed E-state index contributed by atoms with van der Waals surface area (Å²) in [5.41, 5.74) is 8.12. The number of nitrogens with two attached hydrogens (primary N) is 1. The number of para-hydroxylation sites is 1. The van der Waals surface area contributed by atoms with Crippen molar-refractivity contribution in [2.45, 2.75) is 19.4 Å². The molecule has 4 heteroatoms. The minimum Gasteiger partial charge on any atom is -0.396 e. The molecule has 0 aliphatic heterocycles. The maximum atomic E-state index is 9.49. The Morgan fingerprint density at radius 1 is 1.33 bits per heavy atom. The predicted octanol–water partition coefficient (Wildman–Crippen LogP) is 2.02. The molecule has 0 aliphatic carbocycles. The first-order valence-electron chi connectivity index (χ1n) is 5.95. The predicted molar refractivity (Wildman–Crippen MR) is 75.7 cm³/mol. The molecule has 0 amide bonds. The molecule has 1 aromatic heterocycles. The van der Waals surface area contributed by atoms with Crippen LogP contribution < -0.4 is 10.6 Å². The van der Waals surface area contributed by atoms with Crippen molar-refractivity contribution in [3.8, 4) is 0 Å². The zero-order valence-corrected chi connectivity index (χ0v) is 11.0. The van der Waals surface area contributed by atoms with Crippen molar-refractivity contribution in [2.75, 3.05) is 24.3 Å². The van der Waals surface area contributed by atoms with E-state index in [1.807, 2.05) is 50.1 Å². The number of nitrogens with zero attached hydrogens (tertiary/aromatic N) is 2. The number of likely N-dealkylation sites (N-methyl/N-ethyl adjacent to an activating group) is 1. The summed E-state index contributed by atoms with van der Waals surface area (Å²) in [7, 11) is 1.94. The lowest BCUT2D eigenvalue weighted by Gasteiger charge is -2.37. The van der Waals surface area contributed by atoms with Gasteiger partial charge in [-0.2, -0.15) is 0 Å². The third-order valence-electron chi connectivity index (χ3n) is 3.41. The van der Waals surface area contributed by atoms with Gasteiger partial charge in [0.2, 0.25) is 0 Å². The summed E-state index contributed by atoms with van der Waals surface area (Å²) in [5.74, 6) is 0. The lowest BCUT2D eigenvalue weighted by Crippen LogP contribution is -2.44. The highest BCUT2D eigenvalue weighted by Gasteiger charge is 2.25. The van der Waals surface area contributed by atoms with Crippen LogP contribution >= 0.6 is 0 Å². The molecule has 3 N–H and O–H groups in total. The molecule has 0 radical (unpaired) electrons. The molecular weight excluding hydrogens is 226 g/mol. The average Bonchev–Trinajstić information content (AvgIpc) is 2.38. The Morgan fingerprint density at radius 3 is 2.67 bits per heavy atom. The molecule has 4 nitrogen and oxygen atoms in total. The molecule has 1 heterocycles. The van der Waals surface area contributed by atoms with Crippen molar-refractivity contribution in [1.29, 1.82) is 0 Å². The Kier molecular flexibility index (Phi) is 3.13. The van der Waals surface area contributed by atoms with E-state index < -0.39 is 0 Å². The average molecular weight is 245 g/mol. The largest absolute Gasteiger partial charge is 0.396 e. The lowest BCUT2D eigenvalue weighted by molar-refractivity contribution is 0.216. The van der Waals surface area contributed by atoms with E-state index in [9.17, 15) is 5.11 Å². The van der Waals surface area contributed by atoms with Crippen LogP contribution in [0.15, 0.2) is 30.5 Å². The molecule has 18 heavy (non-hydrogen) atoms. The van der Waals surface area contributed by atoms with Gasteiger partial charge in [-0.05, 0) is 19.9 Å². The van der Waals surface area contributed by atoms with Crippen LogP contribution in [-0.4, -0.2) is 29.3 Å². The standard InChI is InChI=1S/C14H19N3O/c1-14(2,9-18)17(3)13-10-6-4-5-7-12(10)16-8-11(13)15/h4-8,18H,9,15H2,1-3H3. The van der Waals surface area contributed by atoms with Crippen molar-refractivity contribution in [3.63, 3.8) is 0 Å². The Balaban J connectivity index is 2.66. The van der Waals surface area contributed by atoms with Crippen molar-refractivity contribution in [2.24, 2.45) is 0 Å². The van der Waals surface area contributed by atoms with Gasteiger partial charge in [-0.25, -0.2) is 0 Å². The fourth-order valence-electron chi connectivity index (χ4n) is 1.93. The second-order valence-corrected chi connectivity index (χ2v) is 5.11. The lowest BCUT2D eigenvalue weighted by atomic mass is 10.0. The van der Waals surface area contributed by atoms with E-state index in [1.54, 1.807) is 6.20 Å². The number of aromatic nitrogens is 1. The maximum absolute atomic E-state index is 9.49. The van der Waals surface area contributed by atoms with Crippen LogP contribution in [0.25, 0.3) is 10.9 Å². The number of nitrogen functional groups attached to an aromatic ring is 1. The van der Waals surface area contributed by atoms with Crippen LogP contribution in [-0.2, 0) is 0 Å². The molecular formula is C14H19N3O. The zero-order valence-electron chi connectivity index (χ0n) is 11.0. The van der Waals surface area contributed by atoms with Gasteiger partial charge in [0.05, 0.1) is 35.2 Å². The minimum atomic E-state index is -0.377. The minimum absolute atomic E-state index is 0.0551. The molecule has 0 bridgehead atoms. The SMILES string of the molecule is CN(c1c(N)cnc2ccccc12)C(C)(C)CO. The highest BCUT2D eigenvalue weighted by atomic mass is 16.3. The quantitative estimate of drug-likeness (QED) is 0.868. The molecule has 1 aromatic carbocycles. The third kappa shape index (κ3) is 1.99. The van der Waals surface area contributed by atoms with E-state index in [4.69, 9.17) is 5.73 Å². The number of aliphatic hydroxyl groups is 1. The van der Waals surface area contributed by atoms with Gasteiger partial charge < -0.3 is 15.7 Å². The number of hydrogen-bond acceptors (Lipinski definition) is 4. The van der Waals surface area contributed by atoms with Gasteiger partial charge in [-0.1, -0.05) is 18.2 Å². The van der Waals surface area contributed by atoms with Crippen molar-refractivity contribution in [1.82, 2.24) is 4.98 Å². The fourth-order valence-corrected chi connectivity index (χ4v) is 1.93. The molecule has 0 atom stereocenters. The molecule has 2 aromatic rings. The van der Waals surface area contributed by atoms with E-state index in [0.717, 1.165) is 16.6 Å². The van der Waals surface area contributed by atoms with Crippen LogP contribution in [0.1, 0.15) is 13.8 Å². The second kappa shape index (κ2) is 4.46. The van der Waals surface area contributed by atoms with Crippen molar-refractivity contribution >= 4 is 22.3 Å². The number of rotatable bonds is 3. The highest BCUT2D eigenvalue weighted by molar-refractivity contribution is 5.97. The van der Waals surface area contributed by atoms with Crippen molar-refractivity contribution < 1.29 is 5.11 Å². The molecule has 0 saturated carbocycles. The molecule has 96 valence electrons. The van der Waals surface area contributed by atoms with E-state index in [2.05, 4.69) is 4.98 Å². The van der Waals surface area contributed by atoms with Crippen molar-refractivity contribution in [3.05, 3.63) is 30.5 Å². The summed E-state index contributed by atoms with van der Waals surface area (Å²) in [6.07, 6.45) is 1.67. The van der Waals surface area contributed by atoms with E-state index in [-0.39, 0.29) is 12.1 Å². The van der Waals surface area contributed by atoms with Gasteiger partial charge in [-0.3, -0.25) is 4.98 Å². The second-order valence-electron chi connectivity index (χ2n) is 5.11. The first kappa shape index (κ1) is 12.6. The van der Waals surface area contributed by atoms with Gasteiger partial charge in [0.25, 0.3) is 0 Å². The molecule has 2 rings (SSSR count). The maximum Gasteiger partial charge on any atom is 0.0745 e. The number of aliphatic hydroxyl groups excluding tert-OH is 1. The summed E-state index contributed by atoms with van der Waals surface area (Å²) in [6.45, 7) is 4.00. The number of hydrogen-bond donors (Lipinski definition) is 2. The third-order valence-corrected chi connectivity index (χ3v) is 3.41. The van der Waals surface area contributed by atoms with Crippen LogP contribution in [0.2, 0.25) is 0 Å². The number of benzene rings is 1. The van der Waals surface area contributed by atoms with Gasteiger partial charge in [0.15, 0.2) is 0 Å². The molecule has 0 fully saturated rings. The van der Waals surface area contributed by atoms with Gasteiger partial charge >= 0.3 is 0 Å². The number of fused-ring (bicyclic) bond motifs is 1. The highest BCUT2D eigenvalue weighted by Crippen LogP contribution is 2.34. The van der Waals surface area contributed by atoms with Gasteiger partial charge in [0.1, 0.15) is 0 Å². The summed E-state index contributed by atoms with van der Waals surface area (Å²) in [5, 5.41) is 10.5. The van der Waals surface area contributed by atoms with Crippen LogP contribution in [0, 0.1) is 0 Å². The van der Waals surface area contributed by atoms with E-state index >= 15 is 0 Å². The Hall–Kier alpha value is -1.81. The van der Waals surface area contributed by atoms with Gasteiger partial charge in [0, 0.05) is 12.4 Å². The number of pyridine rings is 1. The first-order valence-corrected chi connectivity index (χ1v) is 5.95. The van der Waals surface area contributed by atoms with Crippen LogP contribution in [0.4, 0.5) is 11.4 Å². The molecule has 0 spiro atoms. The molecule has 0 saturated heterocycles. The van der Waals surface area contributed by atoms with E-state index in [0.29, 0.717) is 5.69 Å². The van der Waals surface area contributed by atoms with Crippen LogP contribution in [0.5, 0.6) is 0 Å².